The maximum absolute atomic E-state index is 12.8. The number of anilines is 1. The van der Waals surface area contributed by atoms with E-state index in [1.807, 2.05) is 26.0 Å². The fraction of sp³-hybridized carbons (Fsp3) is 0.440. The fourth-order valence-electron chi connectivity index (χ4n) is 7.69. The monoisotopic (exact) mass is 1160 g/mol. The number of carboxylic acid groups (broad SMARTS) is 1. The van der Waals surface area contributed by atoms with Gasteiger partial charge in [0.05, 0.1) is 56.3 Å². The van der Waals surface area contributed by atoms with E-state index in [-0.39, 0.29) is 59.8 Å². The summed E-state index contributed by atoms with van der Waals surface area (Å²) in [6, 6.07) is 10.2. The predicted molar refractivity (Wildman–Crippen MR) is 283 cm³/mol. The summed E-state index contributed by atoms with van der Waals surface area (Å²) < 4.78 is 91.5. The van der Waals surface area contributed by atoms with Crippen molar-refractivity contribution in [2.45, 2.75) is 101 Å². The Morgan fingerprint density at radius 2 is 1.79 bits per heavy atom. The number of nitrogens with zero attached hydrogens (tertiary/aromatic N) is 5. The van der Waals surface area contributed by atoms with Crippen LogP contribution in [0.5, 0.6) is 5.75 Å². The standard InChI is InChI=1S/C15H13Cl2N3O2.C15H22ClNO2.C15H12F3NO4S.C5H12NO4P/c1-2-7-22-13-9-12(10(16)8-11(13)17)20-15(21)19-6-4-3-5-14(19)18-20;1-5-13-8-6-7-11(2)15(13)17(14(18)9-16)12(3)10-19-4;1-24(21,22)12-6-9(15(16,17)18)4-5-10(12)13(20)11-7-19-23-14(11)8-2-3-8;1-11(9,10)3-2-4(6)5(7)8/h1,8-9H,3-7H2;6-8,12H,5,9-10H2,1-4H3;4-8H,2-3H2,1H3;4H,2-3,6H2,1H3,(H,7,8)(H,9,10). The summed E-state index contributed by atoms with van der Waals surface area (Å²) in [6.07, 6.45) is 7.70. The van der Waals surface area contributed by atoms with Crippen LogP contribution >= 0.6 is 42.2 Å². The van der Waals surface area contributed by atoms with Gasteiger partial charge in [-0.15, -0.1) is 23.1 Å². The molecule has 3 aromatic carbocycles. The van der Waals surface area contributed by atoms with Crippen molar-refractivity contribution in [3.8, 4) is 23.8 Å². The Hall–Kier alpha value is -5.50. The van der Waals surface area contributed by atoms with Gasteiger partial charge in [0.25, 0.3) is 0 Å². The van der Waals surface area contributed by atoms with Gasteiger partial charge in [0.1, 0.15) is 30.1 Å². The lowest BCUT2D eigenvalue weighted by Crippen LogP contribution is -2.43. The number of alkyl halides is 4. The van der Waals surface area contributed by atoms with Gasteiger partial charge < -0.3 is 34.6 Å². The molecule has 76 heavy (non-hydrogen) atoms. The molecule has 0 radical (unpaired) electrons. The number of carboxylic acids is 1. The van der Waals surface area contributed by atoms with E-state index < -0.39 is 51.6 Å². The van der Waals surface area contributed by atoms with E-state index in [1.54, 1.807) is 22.6 Å². The number of carbonyl (C=O) groups excluding carboxylic acids is 2. The molecule has 1 saturated carbocycles. The molecule has 3 unspecified atom stereocenters. The number of ketones is 1. The van der Waals surface area contributed by atoms with Gasteiger partial charge in [0.15, 0.2) is 28.7 Å². The van der Waals surface area contributed by atoms with Crippen molar-refractivity contribution in [3.63, 3.8) is 0 Å². The maximum Gasteiger partial charge on any atom is 0.416 e. The number of hydrogen-bond acceptors (Lipinski definition) is 13. The zero-order valence-corrected chi connectivity index (χ0v) is 46.4. The Morgan fingerprint density at radius 3 is 2.34 bits per heavy atom. The van der Waals surface area contributed by atoms with Gasteiger partial charge >= 0.3 is 17.8 Å². The van der Waals surface area contributed by atoms with Crippen LogP contribution in [0.3, 0.4) is 0 Å². The lowest BCUT2D eigenvalue weighted by atomic mass is 10.0. The summed E-state index contributed by atoms with van der Waals surface area (Å²) in [6.45, 7) is 8.50. The van der Waals surface area contributed by atoms with E-state index in [2.05, 4.69) is 29.2 Å². The average molecular weight is 1160 g/mol. The Bertz CT molecular complexity index is 3130. The SMILES string of the molecule is C#CCOc1cc(-n2nc3n(c2=O)CCCC3)c(Cl)cc1Cl.CCc1cccc(C)c1N(C(=O)CCl)C(C)COC.CP(=O)(O)CCC(N)C(=O)O.CS(=O)(=O)c1cc(C(F)(F)F)ccc1C(=O)c1cnoc1C1CC1. The van der Waals surface area contributed by atoms with E-state index in [0.29, 0.717) is 52.5 Å². The van der Waals surface area contributed by atoms with Gasteiger partial charge in [0, 0.05) is 56.7 Å². The Morgan fingerprint density at radius 1 is 1.11 bits per heavy atom. The molecule has 0 bridgehead atoms. The van der Waals surface area contributed by atoms with Gasteiger partial charge in [-0.2, -0.15) is 17.9 Å². The zero-order valence-electron chi connectivity index (χ0n) is 42.4. The fourth-order valence-corrected chi connectivity index (χ4v) is 9.99. The first-order valence-corrected chi connectivity index (χ1v) is 28.9. The van der Waals surface area contributed by atoms with Crippen molar-refractivity contribution in [3.05, 3.63) is 115 Å². The topological polar surface area (TPSA) is 256 Å². The molecule has 3 heterocycles. The molecule has 7 rings (SSSR count). The van der Waals surface area contributed by atoms with Crippen LogP contribution in [0.2, 0.25) is 10.0 Å². The summed E-state index contributed by atoms with van der Waals surface area (Å²) in [5.74, 6) is 1.93. The number of hydrogen-bond donors (Lipinski definition) is 3. The quantitative estimate of drug-likeness (QED) is 0.0340. The number of methoxy groups -OCH3 is 1. The number of fused-ring (bicyclic) bond motifs is 1. The third-order valence-corrected chi connectivity index (χ3v) is 14.7. The van der Waals surface area contributed by atoms with Crippen molar-refractivity contribution < 1.29 is 64.5 Å². The number of aromatic nitrogens is 4. The molecule has 1 aliphatic carbocycles. The van der Waals surface area contributed by atoms with E-state index in [1.165, 1.54) is 23.6 Å². The lowest BCUT2D eigenvalue weighted by molar-refractivity contribution is -0.139. The van der Waals surface area contributed by atoms with Gasteiger partial charge in [-0.05, 0) is 87.8 Å². The Labute approximate surface area is 452 Å². The van der Waals surface area contributed by atoms with Gasteiger partial charge in [-0.3, -0.25) is 23.5 Å². The van der Waals surface area contributed by atoms with Crippen LogP contribution in [0.25, 0.3) is 5.69 Å². The molecule has 1 fully saturated rings. The minimum atomic E-state index is -4.71. The van der Waals surface area contributed by atoms with E-state index in [9.17, 15) is 45.3 Å². The molecule has 0 spiro atoms. The normalized spacial score (nSPS) is 14.6. The number of para-hydroxylation sites is 1. The minimum Gasteiger partial charge on any atom is -0.480 e. The number of aliphatic carboxylic acids is 1. The molecule has 26 heteroatoms. The predicted octanol–water partition coefficient (Wildman–Crippen LogP) is 8.75. The summed E-state index contributed by atoms with van der Waals surface area (Å²) in [5.41, 5.74) is 7.16. The molecule has 0 saturated heterocycles. The zero-order chi connectivity index (χ0) is 56.9. The second-order valence-corrected chi connectivity index (χ2v) is 23.4. The second-order valence-electron chi connectivity index (χ2n) is 17.8. The number of halogens is 6. The number of nitrogens with two attached hydrogens (primary N) is 1. The molecule has 2 aliphatic rings. The number of ether oxygens (including phenoxy) is 2. The maximum atomic E-state index is 12.8. The van der Waals surface area contributed by atoms with Crippen molar-refractivity contribution in [2.24, 2.45) is 5.73 Å². The second kappa shape index (κ2) is 27.7. The van der Waals surface area contributed by atoms with Crippen LogP contribution in [0.4, 0.5) is 18.9 Å². The number of rotatable bonds is 17. The van der Waals surface area contributed by atoms with E-state index in [4.69, 9.17) is 71.0 Å². The van der Waals surface area contributed by atoms with Crippen LogP contribution in [0, 0.1) is 19.3 Å². The van der Waals surface area contributed by atoms with Crippen molar-refractivity contribution in [2.75, 3.05) is 50.2 Å². The minimum absolute atomic E-state index is 0.0223. The Balaban J connectivity index is 0.000000226. The lowest BCUT2D eigenvalue weighted by Gasteiger charge is -2.31. The summed E-state index contributed by atoms with van der Waals surface area (Å²) in [4.78, 5) is 57.3. The molecule has 414 valence electrons. The highest BCUT2D eigenvalue weighted by molar-refractivity contribution is 7.90. The first-order valence-electron chi connectivity index (χ1n) is 23.5. The number of amides is 1. The van der Waals surface area contributed by atoms with Gasteiger partial charge in [-0.1, -0.05) is 59.4 Å². The summed E-state index contributed by atoms with van der Waals surface area (Å²) >= 11 is 18.0. The molecule has 5 aromatic rings. The highest BCUT2D eigenvalue weighted by atomic mass is 35.5. The molecule has 4 N–H and O–H groups in total. The number of terminal acetylenes is 1. The van der Waals surface area contributed by atoms with Crippen LogP contribution < -0.4 is 21.1 Å². The Kier molecular flexibility index (Phi) is 23.0. The van der Waals surface area contributed by atoms with Gasteiger partial charge in [-0.25, -0.2) is 13.2 Å². The molecule has 1 aliphatic heterocycles. The first-order chi connectivity index (χ1) is 35.6. The third kappa shape index (κ3) is 17.3. The van der Waals surface area contributed by atoms with Crippen molar-refractivity contribution in [1.29, 1.82) is 0 Å². The molecule has 3 atom stereocenters. The average Bonchev–Trinajstić information content (AvgIpc) is 3.99. The van der Waals surface area contributed by atoms with E-state index in [0.717, 1.165) is 73.5 Å². The molecule has 2 aromatic heterocycles. The highest BCUT2D eigenvalue weighted by Crippen LogP contribution is 2.43. The van der Waals surface area contributed by atoms with Crippen LogP contribution in [0.15, 0.2) is 68.9 Å². The molecular formula is C50H59Cl3F3N6O12PS. The largest absolute Gasteiger partial charge is 0.480 e. The number of sulfone groups is 1. The number of carbonyl (C=O) groups is 3. The molecule has 1 amide bonds. The van der Waals surface area contributed by atoms with Crippen LogP contribution in [-0.2, 0) is 54.3 Å². The first kappa shape index (κ1) is 63.0. The smallest absolute Gasteiger partial charge is 0.416 e. The van der Waals surface area contributed by atoms with E-state index >= 15 is 0 Å². The number of aryl methyl sites for hydroxylation is 3. The molecule has 18 nitrogen and oxygen atoms in total. The summed E-state index contributed by atoms with van der Waals surface area (Å²) in [5, 5.41) is 16.9. The van der Waals surface area contributed by atoms with Crippen LogP contribution in [0.1, 0.15) is 96.1 Å². The molecular weight excluding hydrogens is 1100 g/mol. The number of benzene rings is 3. The van der Waals surface area contributed by atoms with Crippen molar-refractivity contribution in [1.82, 2.24) is 19.5 Å². The third-order valence-electron chi connectivity index (χ3n) is 11.6. The summed E-state index contributed by atoms with van der Waals surface area (Å²) in [7, 11) is -5.51. The highest BCUT2D eigenvalue weighted by Gasteiger charge is 2.36. The van der Waals surface area contributed by atoms with Crippen LogP contribution in [-0.4, -0.2) is 113 Å². The van der Waals surface area contributed by atoms with Gasteiger partial charge in [0.2, 0.25) is 5.91 Å². The van der Waals surface area contributed by atoms with Crippen molar-refractivity contribution >= 4 is 75.4 Å².